The summed E-state index contributed by atoms with van der Waals surface area (Å²) < 4.78 is 0. The first-order valence-electron chi connectivity index (χ1n) is 11.1. The Morgan fingerprint density at radius 1 is 1.21 bits per heavy atom. The van der Waals surface area contributed by atoms with Crippen LogP contribution in [0.15, 0.2) is 47.3 Å². The SMILES string of the molecule is CCCN(Cc1nc2cc(Cl)ccc2c(=O)[nH]1)C(=O)C1CC(=O)N(Cc2ccc(C)cc2)C1. The van der Waals surface area contributed by atoms with Gasteiger partial charge >= 0.3 is 0 Å². The number of nitrogens with one attached hydrogen (secondary N) is 1. The summed E-state index contributed by atoms with van der Waals surface area (Å²) in [6.07, 6.45) is 0.950. The van der Waals surface area contributed by atoms with Crippen molar-refractivity contribution >= 4 is 34.3 Å². The van der Waals surface area contributed by atoms with Gasteiger partial charge in [-0.15, -0.1) is 0 Å². The Morgan fingerprint density at radius 3 is 2.70 bits per heavy atom. The summed E-state index contributed by atoms with van der Waals surface area (Å²) in [5, 5.41) is 0.941. The van der Waals surface area contributed by atoms with Crippen LogP contribution in [0.25, 0.3) is 10.9 Å². The summed E-state index contributed by atoms with van der Waals surface area (Å²) in [6, 6.07) is 13.0. The number of fused-ring (bicyclic) bond motifs is 1. The Kier molecular flexibility index (Phi) is 6.79. The molecule has 0 spiro atoms. The van der Waals surface area contributed by atoms with Gasteiger partial charge in [0.05, 0.1) is 23.4 Å². The van der Waals surface area contributed by atoms with Crippen molar-refractivity contribution in [1.29, 1.82) is 0 Å². The van der Waals surface area contributed by atoms with Crippen LogP contribution in [0.2, 0.25) is 5.02 Å². The number of aromatic nitrogens is 2. The Hall–Kier alpha value is -3.19. The quantitative estimate of drug-likeness (QED) is 0.575. The molecule has 1 fully saturated rings. The summed E-state index contributed by atoms with van der Waals surface area (Å²) in [4.78, 5) is 49.1. The number of aromatic amines is 1. The molecule has 1 N–H and O–H groups in total. The molecule has 1 saturated heterocycles. The minimum Gasteiger partial charge on any atom is -0.338 e. The molecule has 1 unspecified atom stereocenters. The van der Waals surface area contributed by atoms with E-state index in [4.69, 9.17) is 11.6 Å². The lowest BCUT2D eigenvalue weighted by Crippen LogP contribution is -2.38. The summed E-state index contributed by atoms with van der Waals surface area (Å²) in [5.74, 6) is -0.115. The number of amides is 2. The van der Waals surface area contributed by atoms with E-state index < -0.39 is 5.92 Å². The summed E-state index contributed by atoms with van der Waals surface area (Å²) >= 11 is 6.06. The van der Waals surface area contributed by atoms with Gasteiger partial charge in [0.2, 0.25) is 11.8 Å². The highest BCUT2D eigenvalue weighted by molar-refractivity contribution is 6.31. The number of benzene rings is 2. The van der Waals surface area contributed by atoms with E-state index in [0.29, 0.717) is 41.4 Å². The van der Waals surface area contributed by atoms with Crippen LogP contribution in [0.5, 0.6) is 0 Å². The van der Waals surface area contributed by atoms with Crippen LogP contribution in [-0.4, -0.2) is 44.7 Å². The molecule has 0 aliphatic carbocycles. The van der Waals surface area contributed by atoms with E-state index in [1.165, 1.54) is 0 Å². The van der Waals surface area contributed by atoms with E-state index >= 15 is 0 Å². The number of aryl methyl sites for hydroxylation is 1. The summed E-state index contributed by atoms with van der Waals surface area (Å²) in [7, 11) is 0. The maximum Gasteiger partial charge on any atom is 0.258 e. The lowest BCUT2D eigenvalue weighted by Gasteiger charge is -2.25. The predicted octanol–water partition coefficient (Wildman–Crippen LogP) is 3.67. The van der Waals surface area contributed by atoms with Crippen molar-refractivity contribution < 1.29 is 9.59 Å². The van der Waals surface area contributed by atoms with Gasteiger partial charge in [-0.2, -0.15) is 0 Å². The van der Waals surface area contributed by atoms with Crippen LogP contribution in [0.4, 0.5) is 0 Å². The molecule has 1 aliphatic rings. The van der Waals surface area contributed by atoms with Gasteiger partial charge in [0.15, 0.2) is 0 Å². The first-order chi connectivity index (χ1) is 15.8. The molecule has 33 heavy (non-hydrogen) atoms. The molecule has 2 aromatic carbocycles. The van der Waals surface area contributed by atoms with Crippen LogP contribution in [0, 0.1) is 12.8 Å². The van der Waals surface area contributed by atoms with Crippen molar-refractivity contribution in [3.8, 4) is 0 Å². The first-order valence-corrected chi connectivity index (χ1v) is 11.5. The first kappa shape index (κ1) is 23.0. The van der Waals surface area contributed by atoms with Gasteiger partial charge in [-0.05, 0) is 37.1 Å². The highest BCUT2D eigenvalue weighted by Crippen LogP contribution is 2.23. The number of nitrogens with zero attached hydrogens (tertiary/aromatic N) is 3. The van der Waals surface area contributed by atoms with E-state index in [-0.39, 0.29) is 30.3 Å². The molecule has 1 aromatic heterocycles. The minimum absolute atomic E-state index is 0.0164. The van der Waals surface area contributed by atoms with E-state index in [1.807, 2.05) is 38.1 Å². The summed E-state index contributed by atoms with van der Waals surface area (Å²) in [5.41, 5.74) is 2.43. The molecule has 0 saturated carbocycles. The maximum absolute atomic E-state index is 13.3. The van der Waals surface area contributed by atoms with Gasteiger partial charge in [0, 0.05) is 31.1 Å². The van der Waals surface area contributed by atoms with Crippen molar-refractivity contribution in [2.24, 2.45) is 5.92 Å². The average Bonchev–Trinajstić information content (AvgIpc) is 3.14. The third-order valence-electron chi connectivity index (χ3n) is 5.92. The molecule has 0 bridgehead atoms. The van der Waals surface area contributed by atoms with E-state index in [2.05, 4.69) is 9.97 Å². The molecule has 2 heterocycles. The third-order valence-corrected chi connectivity index (χ3v) is 6.16. The molecule has 2 amide bonds. The second kappa shape index (κ2) is 9.75. The number of carbonyl (C=O) groups excluding carboxylic acids is 2. The Labute approximate surface area is 197 Å². The molecule has 1 aliphatic heterocycles. The largest absolute Gasteiger partial charge is 0.338 e. The van der Waals surface area contributed by atoms with Crippen molar-refractivity contribution in [3.63, 3.8) is 0 Å². The van der Waals surface area contributed by atoms with Gasteiger partial charge in [-0.3, -0.25) is 14.4 Å². The molecule has 172 valence electrons. The summed E-state index contributed by atoms with van der Waals surface area (Å²) in [6.45, 7) is 5.58. The fourth-order valence-corrected chi connectivity index (χ4v) is 4.38. The van der Waals surface area contributed by atoms with Crippen molar-refractivity contribution in [1.82, 2.24) is 19.8 Å². The van der Waals surface area contributed by atoms with Crippen LogP contribution >= 0.6 is 11.6 Å². The molecule has 7 nitrogen and oxygen atoms in total. The highest BCUT2D eigenvalue weighted by Gasteiger charge is 2.36. The fraction of sp³-hybridized carbons (Fsp3) is 0.360. The number of hydrogen-bond acceptors (Lipinski definition) is 4. The van der Waals surface area contributed by atoms with Crippen LogP contribution in [-0.2, 0) is 22.7 Å². The number of rotatable bonds is 7. The van der Waals surface area contributed by atoms with Crippen LogP contribution < -0.4 is 5.56 Å². The number of hydrogen-bond donors (Lipinski definition) is 1. The predicted molar refractivity (Wildman–Crippen MR) is 128 cm³/mol. The number of H-pyrrole nitrogens is 1. The van der Waals surface area contributed by atoms with Crippen molar-refractivity contribution in [2.75, 3.05) is 13.1 Å². The van der Waals surface area contributed by atoms with Gasteiger partial charge in [-0.25, -0.2) is 4.98 Å². The second-order valence-electron chi connectivity index (χ2n) is 8.59. The Morgan fingerprint density at radius 2 is 1.97 bits per heavy atom. The zero-order valence-electron chi connectivity index (χ0n) is 18.8. The monoisotopic (exact) mass is 466 g/mol. The standard InChI is InChI=1S/C25H27ClN4O3/c1-3-10-29(15-22-27-21-12-19(26)8-9-20(21)24(32)28-22)25(33)18-11-23(31)30(14-18)13-17-6-4-16(2)5-7-17/h4-9,12,18H,3,10-11,13-15H2,1-2H3,(H,27,28,32). The second-order valence-corrected chi connectivity index (χ2v) is 9.03. The molecule has 0 radical (unpaired) electrons. The zero-order chi connectivity index (χ0) is 23.5. The van der Waals surface area contributed by atoms with Gasteiger partial charge in [0.25, 0.3) is 5.56 Å². The average molecular weight is 467 g/mol. The smallest absolute Gasteiger partial charge is 0.258 e. The van der Waals surface area contributed by atoms with Gasteiger partial charge in [-0.1, -0.05) is 48.4 Å². The maximum atomic E-state index is 13.3. The molecule has 8 heteroatoms. The van der Waals surface area contributed by atoms with Crippen molar-refractivity contribution in [3.05, 3.63) is 74.8 Å². The van der Waals surface area contributed by atoms with Crippen LogP contribution in [0.1, 0.15) is 36.7 Å². The fourth-order valence-electron chi connectivity index (χ4n) is 4.22. The Bertz CT molecular complexity index is 1240. The number of carbonyl (C=O) groups is 2. The van der Waals surface area contributed by atoms with Gasteiger partial charge < -0.3 is 14.8 Å². The molecule has 4 rings (SSSR count). The topological polar surface area (TPSA) is 86.4 Å². The zero-order valence-corrected chi connectivity index (χ0v) is 19.6. The Balaban J connectivity index is 1.49. The number of likely N-dealkylation sites (tertiary alicyclic amines) is 1. The van der Waals surface area contributed by atoms with Crippen LogP contribution in [0.3, 0.4) is 0 Å². The lowest BCUT2D eigenvalue weighted by molar-refractivity contribution is -0.136. The molecular formula is C25H27ClN4O3. The molecular weight excluding hydrogens is 440 g/mol. The minimum atomic E-state index is -0.406. The normalized spacial score (nSPS) is 15.9. The van der Waals surface area contributed by atoms with Crippen molar-refractivity contribution in [2.45, 2.75) is 39.8 Å². The van der Waals surface area contributed by atoms with E-state index in [0.717, 1.165) is 17.5 Å². The van der Waals surface area contributed by atoms with E-state index in [9.17, 15) is 14.4 Å². The highest BCUT2D eigenvalue weighted by atomic mass is 35.5. The third kappa shape index (κ3) is 5.25. The lowest BCUT2D eigenvalue weighted by atomic mass is 10.1. The number of halogens is 1. The molecule has 3 aromatic rings. The van der Waals surface area contributed by atoms with E-state index in [1.54, 1.807) is 28.0 Å². The van der Waals surface area contributed by atoms with Gasteiger partial charge in [0.1, 0.15) is 5.82 Å². The molecule has 1 atom stereocenters.